The summed E-state index contributed by atoms with van der Waals surface area (Å²) in [6.07, 6.45) is 1.40. The minimum atomic E-state index is -0.194. The van der Waals surface area contributed by atoms with Crippen LogP contribution in [0.25, 0.3) is 0 Å². The predicted octanol–water partition coefficient (Wildman–Crippen LogP) is 4.18. The van der Waals surface area contributed by atoms with Crippen molar-refractivity contribution in [2.75, 3.05) is 19.8 Å². The van der Waals surface area contributed by atoms with Gasteiger partial charge >= 0.3 is 0 Å². The highest BCUT2D eigenvalue weighted by atomic mass is 35.5. The zero-order chi connectivity index (χ0) is 13.0. The molecule has 0 unspecified atom stereocenters. The summed E-state index contributed by atoms with van der Waals surface area (Å²) in [7, 11) is 0. The molecule has 1 heterocycles. The second-order valence-corrected chi connectivity index (χ2v) is 5.08. The van der Waals surface area contributed by atoms with Gasteiger partial charge in [-0.15, -0.1) is 0 Å². The summed E-state index contributed by atoms with van der Waals surface area (Å²) in [6, 6.07) is 3.17. The van der Waals surface area contributed by atoms with Gasteiger partial charge in [0.25, 0.3) is 0 Å². The van der Waals surface area contributed by atoms with E-state index in [-0.39, 0.29) is 6.29 Å². The molecule has 6 heteroatoms. The Balaban J connectivity index is 1.84. The fourth-order valence-corrected chi connectivity index (χ4v) is 2.17. The van der Waals surface area contributed by atoms with Crippen LogP contribution in [0.15, 0.2) is 12.1 Å². The summed E-state index contributed by atoms with van der Waals surface area (Å²) in [5.74, 6) is 0.516. The van der Waals surface area contributed by atoms with Gasteiger partial charge in [-0.05, 0) is 12.5 Å². The van der Waals surface area contributed by atoms with Gasteiger partial charge in [0, 0.05) is 12.5 Å². The number of halogens is 3. The number of hydrogen-bond acceptors (Lipinski definition) is 3. The fourth-order valence-electron chi connectivity index (χ4n) is 1.58. The second-order valence-electron chi connectivity index (χ2n) is 3.86. The smallest absolute Gasteiger partial charge is 0.160 e. The molecular formula is C12H13Cl3O3. The first-order valence-corrected chi connectivity index (χ1v) is 6.81. The van der Waals surface area contributed by atoms with Crippen molar-refractivity contribution in [3.05, 3.63) is 27.2 Å². The Morgan fingerprint density at radius 2 is 1.72 bits per heavy atom. The van der Waals surface area contributed by atoms with Crippen LogP contribution in [0.2, 0.25) is 15.1 Å². The highest BCUT2D eigenvalue weighted by molar-refractivity contribution is 6.43. The van der Waals surface area contributed by atoms with E-state index in [1.54, 1.807) is 12.1 Å². The minimum absolute atomic E-state index is 0.194. The zero-order valence-electron chi connectivity index (χ0n) is 9.63. The SMILES string of the molecule is Clc1cc(Cl)c(OCCC2OCCCO2)cc1Cl. The molecule has 0 radical (unpaired) electrons. The van der Waals surface area contributed by atoms with Crippen LogP contribution in [0.4, 0.5) is 0 Å². The lowest BCUT2D eigenvalue weighted by Crippen LogP contribution is -2.26. The number of ether oxygens (including phenoxy) is 3. The molecule has 0 aliphatic carbocycles. The average molecular weight is 312 g/mol. The van der Waals surface area contributed by atoms with E-state index in [2.05, 4.69) is 0 Å². The molecule has 1 aliphatic heterocycles. The Morgan fingerprint density at radius 3 is 2.44 bits per heavy atom. The summed E-state index contributed by atoms with van der Waals surface area (Å²) in [6.45, 7) is 1.92. The molecule has 18 heavy (non-hydrogen) atoms. The van der Waals surface area contributed by atoms with Gasteiger partial charge in [-0.2, -0.15) is 0 Å². The van der Waals surface area contributed by atoms with Gasteiger partial charge in [-0.25, -0.2) is 0 Å². The minimum Gasteiger partial charge on any atom is -0.492 e. The van der Waals surface area contributed by atoms with E-state index in [1.165, 1.54) is 0 Å². The van der Waals surface area contributed by atoms with Crippen LogP contribution >= 0.6 is 34.8 Å². The van der Waals surface area contributed by atoms with Gasteiger partial charge in [0.1, 0.15) is 5.75 Å². The second kappa shape index (κ2) is 6.83. The van der Waals surface area contributed by atoms with Crippen molar-refractivity contribution in [1.29, 1.82) is 0 Å². The van der Waals surface area contributed by atoms with Crippen molar-refractivity contribution in [3.8, 4) is 5.75 Å². The van der Waals surface area contributed by atoms with Gasteiger partial charge < -0.3 is 14.2 Å². The maximum Gasteiger partial charge on any atom is 0.160 e. The Hall–Kier alpha value is -0.190. The first-order valence-electron chi connectivity index (χ1n) is 5.67. The van der Waals surface area contributed by atoms with E-state index in [1.807, 2.05) is 0 Å². The molecule has 1 aromatic carbocycles. The van der Waals surface area contributed by atoms with Crippen LogP contribution in [0.1, 0.15) is 12.8 Å². The molecule has 0 aromatic heterocycles. The lowest BCUT2D eigenvalue weighted by molar-refractivity contribution is -0.183. The van der Waals surface area contributed by atoms with Crippen LogP contribution in [-0.2, 0) is 9.47 Å². The number of hydrogen-bond donors (Lipinski definition) is 0. The standard InChI is InChI=1S/C12H13Cl3O3/c13-8-6-10(15)11(7-9(8)14)16-5-2-12-17-3-1-4-18-12/h6-7,12H,1-5H2. The largest absolute Gasteiger partial charge is 0.492 e. The molecule has 2 rings (SSSR count). The Bertz CT molecular complexity index is 406. The topological polar surface area (TPSA) is 27.7 Å². The van der Waals surface area contributed by atoms with Crippen LogP contribution in [0.3, 0.4) is 0 Å². The predicted molar refractivity (Wildman–Crippen MR) is 71.9 cm³/mol. The van der Waals surface area contributed by atoms with Crippen molar-refractivity contribution in [3.63, 3.8) is 0 Å². The number of rotatable bonds is 4. The molecule has 1 saturated heterocycles. The van der Waals surface area contributed by atoms with E-state index < -0.39 is 0 Å². The summed E-state index contributed by atoms with van der Waals surface area (Å²) >= 11 is 17.7. The Labute approximate surface area is 121 Å². The van der Waals surface area contributed by atoms with E-state index in [9.17, 15) is 0 Å². The zero-order valence-corrected chi connectivity index (χ0v) is 11.9. The van der Waals surface area contributed by atoms with Crippen LogP contribution in [0.5, 0.6) is 5.75 Å². The van der Waals surface area contributed by atoms with E-state index in [0.717, 1.165) is 19.6 Å². The molecule has 0 N–H and O–H groups in total. The first kappa shape index (κ1) is 14.2. The molecule has 0 spiro atoms. The van der Waals surface area contributed by atoms with Gasteiger partial charge in [-0.1, -0.05) is 34.8 Å². The van der Waals surface area contributed by atoms with Crippen LogP contribution < -0.4 is 4.74 Å². The summed E-state index contributed by atoms with van der Waals surface area (Å²) in [4.78, 5) is 0. The van der Waals surface area contributed by atoms with Gasteiger partial charge in [0.15, 0.2) is 6.29 Å². The van der Waals surface area contributed by atoms with Gasteiger partial charge in [0.05, 0.1) is 34.9 Å². The molecule has 1 aromatic rings. The molecule has 1 aliphatic rings. The van der Waals surface area contributed by atoms with Crippen molar-refractivity contribution < 1.29 is 14.2 Å². The highest BCUT2D eigenvalue weighted by Gasteiger charge is 2.14. The molecular weight excluding hydrogens is 298 g/mol. The quantitative estimate of drug-likeness (QED) is 0.781. The van der Waals surface area contributed by atoms with Crippen molar-refractivity contribution in [1.82, 2.24) is 0 Å². The maximum atomic E-state index is 5.99. The lowest BCUT2D eigenvalue weighted by Gasteiger charge is -2.23. The van der Waals surface area contributed by atoms with Crippen LogP contribution in [-0.4, -0.2) is 26.1 Å². The molecule has 0 saturated carbocycles. The molecule has 0 atom stereocenters. The van der Waals surface area contributed by atoms with E-state index in [0.29, 0.717) is 33.8 Å². The van der Waals surface area contributed by atoms with E-state index in [4.69, 9.17) is 49.0 Å². The Morgan fingerprint density at radius 1 is 1.06 bits per heavy atom. The molecule has 0 bridgehead atoms. The summed E-state index contributed by atoms with van der Waals surface area (Å²) in [5, 5.41) is 1.27. The third-order valence-electron chi connectivity index (χ3n) is 2.48. The molecule has 3 nitrogen and oxygen atoms in total. The molecule has 0 amide bonds. The van der Waals surface area contributed by atoms with Gasteiger partial charge in [0.2, 0.25) is 0 Å². The van der Waals surface area contributed by atoms with E-state index >= 15 is 0 Å². The normalized spacial score (nSPS) is 16.8. The maximum absolute atomic E-state index is 5.99. The molecule has 100 valence electrons. The molecule has 1 fully saturated rings. The van der Waals surface area contributed by atoms with Crippen LogP contribution in [0, 0.1) is 0 Å². The number of benzene rings is 1. The fraction of sp³-hybridized carbons (Fsp3) is 0.500. The summed E-state index contributed by atoms with van der Waals surface area (Å²) < 4.78 is 16.4. The van der Waals surface area contributed by atoms with Crippen molar-refractivity contribution in [2.24, 2.45) is 0 Å². The third kappa shape index (κ3) is 3.90. The third-order valence-corrected chi connectivity index (χ3v) is 3.50. The Kier molecular flexibility index (Phi) is 5.39. The van der Waals surface area contributed by atoms with Gasteiger partial charge in [-0.3, -0.25) is 0 Å². The van der Waals surface area contributed by atoms with Crippen molar-refractivity contribution in [2.45, 2.75) is 19.1 Å². The lowest BCUT2D eigenvalue weighted by atomic mass is 10.3. The first-order chi connectivity index (χ1) is 8.66. The van der Waals surface area contributed by atoms with Crippen molar-refractivity contribution >= 4 is 34.8 Å². The monoisotopic (exact) mass is 310 g/mol. The average Bonchev–Trinajstić information content (AvgIpc) is 2.37. The highest BCUT2D eigenvalue weighted by Crippen LogP contribution is 2.33. The summed E-state index contributed by atoms with van der Waals surface area (Å²) in [5.41, 5.74) is 0.